The van der Waals surface area contributed by atoms with Gasteiger partial charge in [-0.15, -0.1) is 16.8 Å². The van der Waals surface area contributed by atoms with Crippen molar-refractivity contribution in [1.29, 1.82) is 0 Å². The molecule has 9 heteroatoms. The summed E-state index contributed by atoms with van der Waals surface area (Å²) in [6, 6.07) is 8.93. The first-order valence-electron chi connectivity index (χ1n) is 9.92. The second-order valence-electron chi connectivity index (χ2n) is 7.27. The third-order valence-electron chi connectivity index (χ3n) is 5.08. The van der Waals surface area contributed by atoms with Crippen LogP contribution in [-0.4, -0.2) is 38.4 Å². The van der Waals surface area contributed by atoms with Crippen LogP contribution in [-0.2, 0) is 16.1 Å². The van der Waals surface area contributed by atoms with Crippen LogP contribution < -0.4 is 10.2 Å². The van der Waals surface area contributed by atoms with Crippen molar-refractivity contribution in [3.05, 3.63) is 55.0 Å². The molecule has 8 nitrogen and oxygen atoms in total. The van der Waals surface area contributed by atoms with Gasteiger partial charge < -0.3 is 14.6 Å². The molecule has 0 saturated carbocycles. The minimum absolute atomic E-state index is 0.101. The smallest absolute Gasteiger partial charge is 0.237 e. The summed E-state index contributed by atoms with van der Waals surface area (Å²) in [6.07, 6.45) is 3.61. The number of carbonyl (C=O) groups is 2. The molecule has 0 radical (unpaired) electrons. The quantitative estimate of drug-likeness (QED) is 0.465. The largest absolute Gasteiger partial charge is 0.469 e. The molecule has 1 unspecified atom stereocenters. The number of rotatable bonds is 6. The van der Waals surface area contributed by atoms with E-state index < -0.39 is 0 Å². The second kappa shape index (κ2) is 8.81. The van der Waals surface area contributed by atoms with Crippen LogP contribution >= 0.6 is 11.8 Å². The Bertz CT molecular complexity index is 1140. The van der Waals surface area contributed by atoms with E-state index in [1.165, 1.54) is 11.8 Å². The van der Waals surface area contributed by atoms with Crippen LogP contribution in [0.1, 0.15) is 19.1 Å². The Hall–Kier alpha value is -3.33. The number of anilines is 2. The molecule has 1 atom stereocenters. The summed E-state index contributed by atoms with van der Waals surface area (Å²) in [6.45, 7) is 8.07. The predicted molar refractivity (Wildman–Crippen MR) is 120 cm³/mol. The van der Waals surface area contributed by atoms with Gasteiger partial charge in [-0.3, -0.25) is 14.2 Å². The molecule has 0 aliphatic carbocycles. The molecule has 1 aliphatic heterocycles. The molecule has 2 aromatic heterocycles. The summed E-state index contributed by atoms with van der Waals surface area (Å²) in [5, 5.41) is 12.1. The number of hydrogen-bond acceptors (Lipinski definition) is 6. The molecule has 1 aliphatic rings. The van der Waals surface area contributed by atoms with E-state index in [1.807, 2.05) is 42.7 Å². The highest BCUT2D eigenvalue weighted by atomic mass is 32.2. The van der Waals surface area contributed by atoms with Gasteiger partial charge in [0.2, 0.25) is 11.8 Å². The fourth-order valence-corrected chi connectivity index (χ4v) is 4.48. The van der Waals surface area contributed by atoms with E-state index in [2.05, 4.69) is 22.1 Å². The highest BCUT2D eigenvalue weighted by Gasteiger charge is 2.30. The summed E-state index contributed by atoms with van der Waals surface area (Å²) in [5.41, 5.74) is 2.20. The van der Waals surface area contributed by atoms with Crippen LogP contribution in [0.3, 0.4) is 0 Å². The van der Waals surface area contributed by atoms with E-state index in [4.69, 9.17) is 4.42 Å². The number of allylic oxidation sites excluding steroid dienone is 1. The summed E-state index contributed by atoms with van der Waals surface area (Å²) in [5.74, 6) is 1.37. The normalized spacial score (nSPS) is 15.9. The number of nitrogens with zero attached hydrogens (tertiary/aromatic N) is 4. The van der Waals surface area contributed by atoms with Crippen molar-refractivity contribution in [2.45, 2.75) is 38.0 Å². The topological polar surface area (TPSA) is 93.3 Å². The van der Waals surface area contributed by atoms with Crippen molar-refractivity contribution in [2.75, 3.05) is 16.0 Å². The van der Waals surface area contributed by atoms with Gasteiger partial charge in [0.25, 0.3) is 0 Å². The van der Waals surface area contributed by atoms with E-state index in [-0.39, 0.29) is 30.0 Å². The number of amides is 2. The van der Waals surface area contributed by atoms with Crippen LogP contribution in [0, 0.1) is 6.92 Å². The number of benzene rings is 1. The maximum absolute atomic E-state index is 13.2. The van der Waals surface area contributed by atoms with Crippen LogP contribution in [0.25, 0.3) is 11.4 Å². The summed E-state index contributed by atoms with van der Waals surface area (Å²) in [4.78, 5) is 27.1. The van der Waals surface area contributed by atoms with Crippen molar-refractivity contribution in [3.8, 4) is 11.4 Å². The summed E-state index contributed by atoms with van der Waals surface area (Å²) in [7, 11) is 0. The number of aromatic nitrogens is 3. The molecule has 3 aromatic rings. The van der Waals surface area contributed by atoms with E-state index in [9.17, 15) is 9.59 Å². The third kappa shape index (κ3) is 4.13. The molecular formula is C22H23N5O3S. The predicted octanol–water partition coefficient (Wildman–Crippen LogP) is 3.89. The summed E-state index contributed by atoms with van der Waals surface area (Å²) >= 11 is 1.31. The summed E-state index contributed by atoms with van der Waals surface area (Å²) < 4.78 is 7.31. The zero-order valence-corrected chi connectivity index (χ0v) is 18.2. The Morgan fingerprint density at radius 2 is 2.16 bits per heavy atom. The molecule has 0 bridgehead atoms. The minimum atomic E-state index is -0.257. The highest BCUT2D eigenvalue weighted by Crippen LogP contribution is 2.33. The lowest BCUT2D eigenvalue weighted by Gasteiger charge is -2.27. The number of nitrogens with one attached hydrogen (secondary N) is 1. The number of furan rings is 1. The Morgan fingerprint density at radius 1 is 1.35 bits per heavy atom. The van der Waals surface area contributed by atoms with Crippen LogP contribution in [0.15, 0.2) is 58.8 Å². The molecule has 2 amide bonds. The number of fused-ring (bicyclic) bond motifs is 1. The number of hydrogen-bond donors (Lipinski definition) is 1. The van der Waals surface area contributed by atoms with Gasteiger partial charge in [0.1, 0.15) is 5.76 Å². The average molecular weight is 438 g/mol. The Morgan fingerprint density at radius 3 is 2.90 bits per heavy atom. The first kappa shape index (κ1) is 20.9. The standard InChI is InChI=1S/C22H23N5O3S/c1-4-10-26-21(16-9-11-30-15(16)3)24-25-22(26)31-13-20(29)27-14(2)12-19(28)23-17-7-5-6-8-18(17)27/h4-9,11,14H,1,10,12-13H2,2-3H3,(H,23,28). The van der Waals surface area contributed by atoms with Gasteiger partial charge >= 0.3 is 0 Å². The van der Waals surface area contributed by atoms with Crippen molar-refractivity contribution in [3.63, 3.8) is 0 Å². The van der Waals surface area contributed by atoms with Crippen molar-refractivity contribution in [2.24, 2.45) is 0 Å². The number of para-hydroxylation sites is 2. The second-order valence-corrected chi connectivity index (χ2v) is 8.21. The van der Waals surface area contributed by atoms with Gasteiger partial charge in [0.05, 0.1) is 29.0 Å². The maximum atomic E-state index is 13.2. The van der Waals surface area contributed by atoms with E-state index in [0.717, 1.165) is 11.3 Å². The molecule has 31 heavy (non-hydrogen) atoms. The number of thioether (sulfide) groups is 1. The van der Waals surface area contributed by atoms with Crippen LogP contribution in [0.5, 0.6) is 0 Å². The Labute approximate surface area is 184 Å². The zero-order valence-electron chi connectivity index (χ0n) is 17.4. The first-order valence-corrected chi connectivity index (χ1v) is 10.9. The van der Waals surface area contributed by atoms with Gasteiger partial charge in [-0.1, -0.05) is 30.0 Å². The third-order valence-corrected chi connectivity index (χ3v) is 6.03. The lowest BCUT2D eigenvalue weighted by molar-refractivity contribution is -0.117. The SMILES string of the molecule is C=CCn1c(SCC(=O)N2c3ccccc3NC(=O)CC2C)nnc1-c1ccoc1C. The molecule has 160 valence electrons. The fraction of sp³-hybridized carbons (Fsp3) is 0.273. The lowest BCUT2D eigenvalue weighted by atomic mass is 10.2. The molecule has 0 saturated heterocycles. The fourth-order valence-electron chi connectivity index (χ4n) is 3.67. The molecule has 3 heterocycles. The Balaban J connectivity index is 1.58. The monoisotopic (exact) mass is 437 g/mol. The lowest BCUT2D eigenvalue weighted by Crippen LogP contribution is -2.40. The van der Waals surface area contributed by atoms with Crippen molar-refractivity contribution < 1.29 is 14.0 Å². The van der Waals surface area contributed by atoms with Crippen LogP contribution in [0.2, 0.25) is 0 Å². The number of carbonyl (C=O) groups excluding carboxylic acids is 2. The highest BCUT2D eigenvalue weighted by molar-refractivity contribution is 7.99. The van der Waals surface area contributed by atoms with Crippen molar-refractivity contribution >= 4 is 35.0 Å². The molecule has 1 N–H and O–H groups in total. The minimum Gasteiger partial charge on any atom is -0.469 e. The molecule has 0 spiro atoms. The van der Waals surface area contributed by atoms with Gasteiger partial charge in [-0.05, 0) is 32.0 Å². The number of aryl methyl sites for hydroxylation is 1. The van der Waals surface area contributed by atoms with Gasteiger partial charge in [-0.2, -0.15) is 0 Å². The first-order chi connectivity index (χ1) is 15.0. The zero-order chi connectivity index (χ0) is 22.0. The van der Waals surface area contributed by atoms with E-state index in [1.54, 1.807) is 23.3 Å². The molecular weight excluding hydrogens is 414 g/mol. The molecule has 1 aromatic carbocycles. The maximum Gasteiger partial charge on any atom is 0.237 e. The van der Waals surface area contributed by atoms with Crippen LogP contribution in [0.4, 0.5) is 11.4 Å². The van der Waals surface area contributed by atoms with E-state index in [0.29, 0.717) is 28.9 Å². The van der Waals surface area contributed by atoms with Gasteiger partial charge in [0.15, 0.2) is 11.0 Å². The van der Waals surface area contributed by atoms with Gasteiger partial charge in [0, 0.05) is 19.0 Å². The Kier molecular flexibility index (Phi) is 5.94. The van der Waals surface area contributed by atoms with Crippen molar-refractivity contribution in [1.82, 2.24) is 14.8 Å². The van der Waals surface area contributed by atoms with Gasteiger partial charge in [-0.25, -0.2) is 0 Å². The molecule has 4 rings (SSSR count). The van der Waals surface area contributed by atoms with E-state index >= 15 is 0 Å². The average Bonchev–Trinajstić information content (AvgIpc) is 3.30. The molecule has 0 fully saturated rings.